The number of ether oxygens (including phenoxy) is 1. The molecule has 1 saturated carbocycles. The van der Waals surface area contributed by atoms with Crippen molar-refractivity contribution in [1.29, 1.82) is 0 Å². The van der Waals surface area contributed by atoms with E-state index in [0.29, 0.717) is 11.5 Å². The summed E-state index contributed by atoms with van der Waals surface area (Å²) in [6.45, 7) is 0.710. The first-order valence-electron chi connectivity index (χ1n) is 7.16. The second kappa shape index (κ2) is 6.02. The third-order valence-corrected chi connectivity index (χ3v) is 6.38. The number of carbonyl (C=O) groups is 1. The molecule has 2 aliphatic rings. The Labute approximate surface area is 128 Å². The molecule has 0 spiro atoms. The topological polar surface area (TPSA) is 85.4 Å². The maximum absolute atomic E-state index is 12.0. The first-order valence-corrected chi connectivity index (χ1v) is 9.62. The van der Waals surface area contributed by atoms with E-state index in [9.17, 15) is 13.2 Å². The van der Waals surface area contributed by atoms with Gasteiger partial charge in [0.05, 0.1) is 11.9 Å². The molecule has 0 bridgehead atoms. The molecule has 3 rings (SSSR count). The van der Waals surface area contributed by atoms with Crippen LogP contribution in [-0.4, -0.2) is 31.7 Å². The van der Waals surface area contributed by atoms with E-state index in [-0.39, 0.29) is 17.8 Å². The first-order chi connectivity index (χ1) is 10.0. The molecule has 21 heavy (non-hydrogen) atoms. The lowest BCUT2D eigenvalue weighted by Crippen LogP contribution is -2.36. The van der Waals surface area contributed by atoms with E-state index in [4.69, 9.17) is 4.74 Å². The average molecular weight is 330 g/mol. The van der Waals surface area contributed by atoms with E-state index in [2.05, 4.69) is 9.71 Å². The van der Waals surface area contributed by atoms with Crippen LogP contribution in [-0.2, 0) is 14.8 Å². The number of hydrogen-bond acceptors (Lipinski definition) is 6. The van der Waals surface area contributed by atoms with Crippen LogP contribution in [0, 0.1) is 5.92 Å². The molecule has 1 N–H and O–H groups in total. The number of carbonyl (C=O) groups excluding carboxylic acids is 1. The Hall–Kier alpha value is -0.990. The summed E-state index contributed by atoms with van der Waals surface area (Å²) in [7, 11) is -3.55. The molecule has 1 amide bonds. The van der Waals surface area contributed by atoms with Crippen molar-refractivity contribution in [1.82, 2.24) is 9.71 Å². The van der Waals surface area contributed by atoms with Gasteiger partial charge in [0, 0.05) is 6.61 Å². The minimum absolute atomic E-state index is 0.0378. The second-order valence-electron chi connectivity index (χ2n) is 5.57. The highest BCUT2D eigenvalue weighted by molar-refractivity contribution is 7.90. The molecule has 0 radical (unpaired) electrons. The van der Waals surface area contributed by atoms with Crippen LogP contribution >= 0.6 is 11.3 Å². The van der Waals surface area contributed by atoms with E-state index in [1.165, 1.54) is 17.5 Å². The van der Waals surface area contributed by atoms with Gasteiger partial charge < -0.3 is 4.74 Å². The zero-order valence-electron chi connectivity index (χ0n) is 11.6. The SMILES string of the molecule is O=C(NS(=O)(=O)CC1CCC1)c1cnc([C@H]2CCCO2)s1. The van der Waals surface area contributed by atoms with Crippen molar-refractivity contribution in [3.63, 3.8) is 0 Å². The largest absolute Gasteiger partial charge is 0.371 e. The number of nitrogens with one attached hydrogen (secondary N) is 1. The van der Waals surface area contributed by atoms with E-state index >= 15 is 0 Å². The van der Waals surface area contributed by atoms with E-state index in [1.807, 2.05) is 0 Å². The normalized spacial score (nSPS) is 23.0. The zero-order chi connectivity index (χ0) is 14.9. The minimum atomic E-state index is -3.55. The molecule has 1 aliphatic carbocycles. The van der Waals surface area contributed by atoms with Crippen molar-refractivity contribution in [2.45, 2.75) is 38.2 Å². The van der Waals surface area contributed by atoms with E-state index in [1.54, 1.807) is 0 Å². The molecule has 8 heteroatoms. The predicted octanol–water partition coefficient (Wildman–Crippen LogP) is 1.85. The van der Waals surface area contributed by atoms with E-state index < -0.39 is 15.9 Å². The van der Waals surface area contributed by atoms with Gasteiger partial charge in [0.25, 0.3) is 5.91 Å². The number of amides is 1. The highest BCUT2D eigenvalue weighted by Gasteiger charge is 2.27. The molecule has 0 aromatic carbocycles. The summed E-state index contributed by atoms with van der Waals surface area (Å²) >= 11 is 1.20. The molecule has 2 heterocycles. The molecule has 1 aliphatic heterocycles. The number of thiazole rings is 1. The summed E-state index contributed by atoms with van der Waals surface area (Å²) in [5.41, 5.74) is 0. The molecule has 1 aromatic heterocycles. The molecule has 0 unspecified atom stereocenters. The van der Waals surface area contributed by atoms with Crippen molar-refractivity contribution in [2.75, 3.05) is 12.4 Å². The average Bonchev–Trinajstić information content (AvgIpc) is 3.03. The zero-order valence-corrected chi connectivity index (χ0v) is 13.2. The van der Waals surface area contributed by atoms with Gasteiger partial charge in [-0.05, 0) is 31.6 Å². The van der Waals surface area contributed by atoms with Crippen LogP contribution in [0.15, 0.2) is 6.20 Å². The van der Waals surface area contributed by atoms with Crippen molar-refractivity contribution in [3.8, 4) is 0 Å². The lowest BCUT2D eigenvalue weighted by molar-refractivity contribution is 0.0985. The maximum Gasteiger partial charge on any atom is 0.276 e. The predicted molar refractivity (Wildman–Crippen MR) is 78.6 cm³/mol. The Bertz CT molecular complexity index is 616. The van der Waals surface area contributed by atoms with Crippen molar-refractivity contribution in [2.24, 2.45) is 5.92 Å². The molecule has 1 saturated heterocycles. The van der Waals surface area contributed by atoms with Gasteiger partial charge in [-0.3, -0.25) is 4.79 Å². The molecule has 2 fully saturated rings. The summed E-state index contributed by atoms with van der Waals surface area (Å²) in [5, 5.41) is 0.744. The van der Waals surface area contributed by atoms with Gasteiger partial charge in [0.2, 0.25) is 10.0 Å². The Morgan fingerprint density at radius 3 is 2.81 bits per heavy atom. The van der Waals surface area contributed by atoms with Gasteiger partial charge in [-0.2, -0.15) is 0 Å². The molecular formula is C13H18N2O4S2. The Kier molecular flexibility index (Phi) is 4.28. The standard InChI is InChI=1S/C13H18N2O4S2/c16-12(15-21(17,18)8-9-3-1-4-9)11-7-14-13(20-11)10-5-2-6-19-10/h7,9-10H,1-6,8H2,(H,15,16)/t10-/m1/s1. The van der Waals surface area contributed by atoms with E-state index in [0.717, 1.165) is 37.1 Å². The summed E-state index contributed by atoms with van der Waals surface area (Å²) in [6, 6.07) is 0. The molecule has 1 atom stereocenters. The van der Waals surface area contributed by atoms with Crippen LogP contribution in [0.4, 0.5) is 0 Å². The Balaban J connectivity index is 1.62. The van der Waals surface area contributed by atoms with Gasteiger partial charge in [-0.1, -0.05) is 6.42 Å². The van der Waals surface area contributed by atoms with Crippen LogP contribution in [0.1, 0.15) is 52.9 Å². The first kappa shape index (κ1) is 14.9. The van der Waals surface area contributed by atoms with Crippen LogP contribution in [0.3, 0.4) is 0 Å². The summed E-state index contributed by atoms with van der Waals surface area (Å²) < 4.78 is 31.5. The lowest BCUT2D eigenvalue weighted by atomic mass is 9.87. The Morgan fingerprint density at radius 1 is 1.38 bits per heavy atom. The third-order valence-electron chi connectivity index (χ3n) is 3.88. The summed E-state index contributed by atoms with van der Waals surface area (Å²) in [5.74, 6) is -0.355. The fourth-order valence-electron chi connectivity index (χ4n) is 2.52. The number of nitrogens with zero attached hydrogens (tertiary/aromatic N) is 1. The summed E-state index contributed by atoms with van der Waals surface area (Å²) in [6.07, 6.45) is 6.19. The molecule has 1 aromatic rings. The fraction of sp³-hybridized carbons (Fsp3) is 0.692. The maximum atomic E-state index is 12.0. The lowest BCUT2D eigenvalue weighted by Gasteiger charge is -2.24. The van der Waals surface area contributed by atoms with Crippen molar-refractivity contribution >= 4 is 27.3 Å². The third kappa shape index (κ3) is 3.61. The Morgan fingerprint density at radius 2 is 2.19 bits per heavy atom. The quantitative estimate of drug-likeness (QED) is 0.890. The smallest absolute Gasteiger partial charge is 0.276 e. The van der Waals surface area contributed by atoms with Gasteiger partial charge in [-0.15, -0.1) is 11.3 Å². The van der Waals surface area contributed by atoms with Crippen LogP contribution in [0.25, 0.3) is 0 Å². The number of sulfonamides is 1. The van der Waals surface area contributed by atoms with Crippen molar-refractivity contribution in [3.05, 3.63) is 16.1 Å². The highest BCUT2D eigenvalue weighted by Crippen LogP contribution is 2.31. The van der Waals surface area contributed by atoms with Gasteiger partial charge >= 0.3 is 0 Å². The number of aromatic nitrogens is 1. The number of hydrogen-bond donors (Lipinski definition) is 1. The second-order valence-corrected chi connectivity index (χ2v) is 8.40. The van der Waals surface area contributed by atoms with Crippen molar-refractivity contribution < 1.29 is 17.9 Å². The number of rotatable bonds is 5. The van der Waals surface area contributed by atoms with Gasteiger partial charge in [0.15, 0.2) is 0 Å². The molecule has 116 valence electrons. The van der Waals surface area contributed by atoms with Crippen LogP contribution < -0.4 is 4.72 Å². The van der Waals surface area contributed by atoms with Gasteiger partial charge in [-0.25, -0.2) is 18.1 Å². The summed E-state index contributed by atoms with van der Waals surface area (Å²) in [4.78, 5) is 16.5. The molecule has 6 nitrogen and oxygen atoms in total. The highest BCUT2D eigenvalue weighted by atomic mass is 32.2. The molecular weight excluding hydrogens is 312 g/mol. The van der Waals surface area contributed by atoms with Crippen LogP contribution in [0.5, 0.6) is 0 Å². The monoisotopic (exact) mass is 330 g/mol. The fourth-order valence-corrected chi connectivity index (χ4v) is 4.91. The minimum Gasteiger partial charge on any atom is -0.371 e. The van der Waals surface area contributed by atoms with Crippen LogP contribution in [0.2, 0.25) is 0 Å². The van der Waals surface area contributed by atoms with Gasteiger partial charge in [0.1, 0.15) is 16.0 Å².